The van der Waals surface area contributed by atoms with Crippen LogP contribution in [0, 0.1) is 0 Å². The van der Waals surface area contributed by atoms with Crippen molar-refractivity contribution in [1.29, 1.82) is 0 Å². The van der Waals surface area contributed by atoms with Crippen molar-refractivity contribution < 1.29 is 0 Å². The van der Waals surface area contributed by atoms with Gasteiger partial charge in [-0.1, -0.05) is 30.3 Å². The van der Waals surface area contributed by atoms with Gasteiger partial charge in [-0.25, -0.2) is 4.98 Å². The lowest BCUT2D eigenvalue weighted by molar-refractivity contribution is 0.629. The molecule has 1 atom stereocenters. The van der Waals surface area contributed by atoms with Crippen molar-refractivity contribution in [1.82, 2.24) is 10.4 Å². The van der Waals surface area contributed by atoms with Gasteiger partial charge in [-0.15, -0.1) is 0 Å². The summed E-state index contributed by atoms with van der Waals surface area (Å²) in [6.07, 6.45) is 3.76. The highest BCUT2D eigenvalue weighted by Crippen LogP contribution is 2.26. The molecule has 96 valence electrons. The van der Waals surface area contributed by atoms with Crippen LogP contribution in [-0.4, -0.2) is 25.3 Å². The van der Waals surface area contributed by atoms with Crippen molar-refractivity contribution in [2.24, 2.45) is 5.10 Å². The molecule has 19 heavy (non-hydrogen) atoms. The highest BCUT2D eigenvalue weighted by molar-refractivity contribution is 5.83. The summed E-state index contributed by atoms with van der Waals surface area (Å²) in [7, 11) is 3.97. The van der Waals surface area contributed by atoms with Crippen LogP contribution in [0.2, 0.25) is 0 Å². The zero-order valence-corrected chi connectivity index (χ0v) is 11.0. The molecule has 0 aliphatic carbocycles. The summed E-state index contributed by atoms with van der Waals surface area (Å²) < 4.78 is 0. The molecule has 4 nitrogen and oxygen atoms in total. The normalized spacial score (nSPS) is 16.6. The Morgan fingerprint density at radius 2 is 1.95 bits per heavy atom. The van der Waals surface area contributed by atoms with E-state index in [1.807, 2.05) is 49.6 Å². The molecule has 2 heterocycles. The standard InChI is InChI=1S/C15H16N4/c1-19(2)14-8-7-12(9-16-14)15-13-6-4-3-5-11(13)10-17-18-15/h3-10,15,18H,1-2H3. The molecule has 1 aromatic heterocycles. The van der Waals surface area contributed by atoms with Crippen LogP contribution >= 0.6 is 0 Å². The van der Waals surface area contributed by atoms with Crippen LogP contribution < -0.4 is 10.3 Å². The Hall–Kier alpha value is -2.36. The number of anilines is 1. The number of hydrogen-bond donors (Lipinski definition) is 1. The molecule has 0 saturated heterocycles. The SMILES string of the molecule is CN(C)c1ccc(C2NN=Cc3ccccc32)cn1. The van der Waals surface area contributed by atoms with Crippen molar-refractivity contribution >= 4 is 12.0 Å². The van der Waals surface area contributed by atoms with Gasteiger partial charge in [0, 0.05) is 25.9 Å². The first-order valence-corrected chi connectivity index (χ1v) is 6.26. The van der Waals surface area contributed by atoms with E-state index in [0.29, 0.717) is 0 Å². The minimum atomic E-state index is 0.0740. The molecule has 4 heteroatoms. The fraction of sp³-hybridized carbons (Fsp3) is 0.200. The maximum atomic E-state index is 4.46. The predicted octanol–water partition coefficient (Wildman–Crippen LogP) is 2.17. The minimum Gasteiger partial charge on any atom is -0.363 e. The number of hydrazone groups is 1. The molecule has 1 aliphatic heterocycles. The van der Waals surface area contributed by atoms with Gasteiger partial charge in [-0.3, -0.25) is 5.43 Å². The van der Waals surface area contributed by atoms with Crippen LogP contribution in [0.25, 0.3) is 0 Å². The van der Waals surface area contributed by atoms with Gasteiger partial charge < -0.3 is 4.90 Å². The summed E-state index contributed by atoms with van der Waals surface area (Å²) >= 11 is 0. The van der Waals surface area contributed by atoms with Crippen LogP contribution in [-0.2, 0) is 0 Å². The Morgan fingerprint density at radius 1 is 1.11 bits per heavy atom. The van der Waals surface area contributed by atoms with Crippen LogP contribution in [0.15, 0.2) is 47.7 Å². The van der Waals surface area contributed by atoms with Gasteiger partial charge >= 0.3 is 0 Å². The number of hydrogen-bond acceptors (Lipinski definition) is 4. The van der Waals surface area contributed by atoms with Crippen molar-refractivity contribution in [2.45, 2.75) is 6.04 Å². The van der Waals surface area contributed by atoms with Crippen molar-refractivity contribution in [3.63, 3.8) is 0 Å². The maximum absolute atomic E-state index is 4.46. The fourth-order valence-corrected chi connectivity index (χ4v) is 2.23. The molecule has 0 saturated carbocycles. The van der Waals surface area contributed by atoms with Gasteiger partial charge in [-0.2, -0.15) is 5.10 Å². The van der Waals surface area contributed by atoms with E-state index in [2.05, 4.69) is 33.7 Å². The third-order valence-corrected chi connectivity index (χ3v) is 3.28. The van der Waals surface area contributed by atoms with Gasteiger partial charge in [0.05, 0.1) is 12.3 Å². The highest BCUT2D eigenvalue weighted by atomic mass is 15.3. The summed E-state index contributed by atoms with van der Waals surface area (Å²) in [6.45, 7) is 0. The number of nitrogens with zero attached hydrogens (tertiary/aromatic N) is 3. The molecule has 2 aromatic rings. The van der Waals surface area contributed by atoms with Crippen molar-refractivity contribution in [3.05, 3.63) is 59.3 Å². The molecule has 1 aromatic carbocycles. The minimum absolute atomic E-state index is 0.0740. The van der Waals surface area contributed by atoms with E-state index in [1.54, 1.807) is 0 Å². The zero-order chi connectivity index (χ0) is 13.2. The highest BCUT2D eigenvalue weighted by Gasteiger charge is 2.19. The summed E-state index contributed by atoms with van der Waals surface area (Å²) in [5.41, 5.74) is 6.67. The smallest absolute Gasteiger partial charge is 0.127 e. The lowest BCUT2D eigenvalue weighted by atomic mass is 9.95. The van der Waals surface area contributed by atoms with E-state index in [9.17, 15) is 0 Å². The van der Waals surface area contributed by atoms with E-state index in [4.69, 9.17) is 0 Å². The van der Waals surface area contributed by atoms with Crippen LogP contribution in [0.4, 0.5) is 5.82 Å². The monoisotopic (exact) mass is 252 g/mol. The van der Waals surface area contributed by atoms with Crippen LogP contribution in [0.3, 0.4) is 0 Å². The molecule has 1 unspecified atom stereocenters. The van der Waals surface area contributed by atoms with E-state index < -0.39 is 0 Å². The maximum Gasteiger partial charge on any atom is 0.127 e. The van der Waals surface area contributed by atoms with E-state index in [-0.39, 0.29) is 6.04 Å². The van der Waals surface area contributed by atoms with E-state index >= 15 is 0 Å². The first-order chi connectivity index (χ1) is 9.25. The number of aromatic nitrogens is 1. The molecule has 0 radical (unpaired) electrons. The van der Waals surface area contributed by atoms with Gasteiger partial charge in [0.15, 0.2) is 0 Å². The van der Waals surface area contributed by atoms with Gasteiger partial charge in [0.1, 0.15) is 5.82 Å². The van der Waals surface area contributed by atoms with E-state index in [1.165, 1.54) is 5.56 Å². The number of benzene rings is 1. The zero-order valence-electron chi connectivity index (χ0n) is 11.0. The second kappa shape index (κ2) is 4.72. The number of fused-ring (bicyclic) bond motifs is 1. The average Bonchev–Trinajstić information content (AvgIpc) is 2.47. The summed E-state index contributed by atoms with van der Waals surface area (Å²) in [4.78, 5) is 6.45. The first-order valence-electron chi connectivity index (χ1n) is 6.26. The van der Waals surface area contributed by atoms with Crippen LogP contribution in [0.1, 0.15) is 22.7 Å². The Labute approximate surface area is 112 Å². The quantitative estimate of drug-likeness (QED) is 0.890. The lowest BCUT2D eigenvalue weighted by Gasteiger charge is -2.23. The molecule has 3 rings (SSSR count). The molecule has 1 aliphatic rings. The fourth-order valence-electron chi connectivity index (χ4n) is 2.23. The summed E-state index contributed by atoms with van der Waals surface area (Å²) in [5, 5.41) is 4.22. The number of rotatable bonds is 2. The molecule has 0 amide bonds. The van der Waals surface area contributed by atoms with Crippen LogP contribution in [0.5, 0.6) is 0 Å². The van der Waals surface area contributed by atoms with Gasteiger partial charge in [-0.05, 0) is 17.2 Å². The van der Waals surface area contributed by atoms with Crippen molar-refractivity contribution in [3.8, 4) is 0 Å². The number of pyridine rings is 1. The van der Waals surface area contributed by atoms with E-state index in [0.717, 1.165) is 16.9 Å². The molecule has 0 bridgehead atoms. The largest absolute Gasteiger partial charge is 0.363 e. The van der Waals surface area contributed by atoms with Gasteiger partial charge in [0.25, 0.3) is 0 Å². The Morgan fingerprint density at radius 3 is 2.68 bits per heavy atom. The molecule has 1 N–H and O–H groups in total. The molecule has 0 spiro atoms. The molecular formula is C15H16N4. The Balaban J connectivity index is 1.97. The molecule has 0 fully saturated rings. The summed E-state index contributed by atoms with van der Waals surface area (Å²) in [6, 6.07) is 12.5. The Bertz CT molecular complexity index is 602. The second-order valence-electron chi connectivity index (χ2n) is 4.79. The third kappa shape index (κ3) is 2.17. The second-order valence-corrected chi connectivity index (χ2v) is 4.79. The van der Waals surface area contributed by atoms with Gasteiger partial charge in [0.2, 0.25) is 0 Å². The third-order valence-electron chi connectivity index (χ3n) is 3.28. The average molecular weight is 252 g/mol. The molecular weight excluding hydrogens is 236 g/mol. The first kappa shape index (κ1) is 11.7. The number of nitrogens with one attached hydrogen (secondary N) is 1. The topological polar surface area (TPSA) is 40.5 Å². The van der Waals surface area contributed by atoms with Crippen molar-refractivity contribution in [2.75, 3.05) is 19.0 Å². The lowest BCUT2D eigenvalue weighted by Crippen LogP contribution is -2.23. The summed E-state index contributed by atoms with van der Waals surface area (Å²) in [5.74, 6) is 0.955. The Kier molecular flexibility index (Phi) is 2.91. The predicted molar refractivity (Wildman–Crippen MR) is 77.6 cm³/mol.